The van der Waals surface area contributed by atoms with Crippen LogP contribution in [0.25, 0.3) is 0 Å². The zero-order chi connectivity index (χ0) is 10.8. The molecule has 0 saturated heterocycles. The Kier molecular flexibility index (Phi) is 3.46. The van der Waals surface area contributed by atoms with E-state index in [4.69, 9.17) is 11.6 Å². The van der Waals surface area contributed by atoms with Crippen LogP contribution in [0.2, 0.25) is 0 Å². The molecule has 1 amide bonds. The summed E-state index contributed by atoms with van der Waals surface area (Å²) < 4.78 is 0. The lowest BCUT2D eigenvalue weighted by atomic mass is 9.94. The molecule has 0 atom stereocenters. The van der Waals surface area contributed by atoms with Gasteiger partial charge in [0.05, 0.1) is 5.41 Å². The van der Waals surface area contributed by atoms with Crippen LogP contribution in [0.4, 0.5) is 0 Å². The fourth-order valence-corrected chi connectivity index (χ4v) is 1.52. The largest absolute Gasteiger partial charge is 0.355 e. The van der Waals surface area contributed by atoms with E-state index in [2.05, 4.69) is 12.2 Å². The van der Waals surface area contributed by atoms with Crippen LogP contribution < -0.4 is 5.32 Å². The third-order valence-corrected chi connectivity index (χ3v) is 3.95. The van der Waals surface area contributed by atoms with E-state index >= 15 is 0 Å². The number of rotatable bonds is 5. The molecule has 0 aromatic carbocycles. The first-order valence-electron chi connectivity index (χ1n) is 5.30. The molecule has 0 aromatic rings. The molecule has 82 valence electrons. The Morgan fingerprint density at radius 2 is 2.07 bits per heavy atom. The third-order valence-electron chi connectivity index (χ3n) is 3.28. The minimum atomic E-state index is -0.439. The lowest BCUT2D eigenvalue weighted by Gasteiger charge is -2.22. The molecule has 0 radical (unpaired) electrons. The number of nitrogens with one attached hydrogen (secondary N) is 1. The van der Waals surface area contributed by atoms with Gasteiger partial charge < -0.3 is 5.32 Å². The number of hydrogen-bond donors (Lipinski definition) is 1. The summed E-state index contributed by atoms with van der Waals surface area (Å²) >= 11 is 5.73. The van der Waals surface area contributed by atoms with Gasteiger partial charge in [-0.15, -0.1) is 11.6 Å². The second kappa shape index (κ2) is 4.09. The van der Waals surface area contributed by atoms with Gasteiger partial charge in [-0.3, -0.25) is 4.79 Å². The number of carbonyl (C=O) groups is 1. The summed E-state index contributed by atoms with van der Waals surface area (Å²) in [5.74, 6) is 0.449. The fourth-order valence-electron chi connectivity index (χ4n) is 1.40. The van der Waals surface area contributed by atoms with Crippen molar-refractivity contribution >= 4 is 17.5 Å². The monoisotopic (exact) mass is 217 g/mol. The average Bonchev–Trinajstić information content (AvgIpc) is 2.95. The second-order valence-corrected chi connectivity index (χ2v) is 5.32. The third kappa shape index (κ3) is 2.63. The second-order valence-electron chi connectivity index (χ2n) is 5.05. The predicted molar refractivity (Wildman–Crippen MR) is 59.5 cm³/mol. The van der Waals surface area contributed by atoms with Crippen molar-refractivity contribution in [2.24, 2.45) is 10.8 Å². The lowest BCUT2D eigenvalue weighted by Crippen LogP contribution is -2.40. The molecule has 1 saturated carbocycles. The van der Waals surface area contributed by atoms with Crippen LogP contribution >= 0.6 is 11.6 Å². The van der Waals surface area contributed by atoms with Gasteiger partial charge in [0.25, 0.3) is 0 Å². The Hall–Kier alpha value is -0.240. The minimum absolute atomic E-state index is 0.0761. The maximum atomic E-state index is 11.7. The normalized spacial score (nSPS) is 19.1. The van der Waals surface area contributed by atoms with Crippen LogP contribution in [0.1, 0.15) is 40.0 Å². The van der Waals surface area contributed by atoms with E-state index in [1.807, 2.05) is 13.8 Å². The molecule has 0 heterocycles. The minimum Gasteiger partial charge on any atom is -0.355 e. The van der Waals surface area contributed by atoms with E-state index in [1.54, 1.807) is 0 Å². The Morgan fingerprint density at radius 3 is 2.43 bits per heavy atom. The average molecular weight is 218 g/mol. The topological polar surface area (TPSA) is 29.1 Å². The summed E-state index contributed by atoms with van der Waals surface area (Å²) in [6.45, 7) is 6.76. The zero-order valence-corrected chi connectivity index (χ0v) is 10.1. The van der Waals surface area contributed by atoms with Crippen molar-refractivity contribution in [2.45, 2.75) is 40.0 Å². The first-order chi connectivity index (χ1) is 6.46. The molecule has 1 rings (SSSR count). The Bertz CT molecular complexity index is 221. The van der Waals surface area contributed by atoms with Crippen LogP contribution in [0.5, 0.6) is 0 Å². The molecule has 1 fully saturated rings. The Morgan fingerprint density at radius 1 is 1.50 bits per heavy atom. The smallest absolute Gasteiger partial charge is 0.226 e. The molecule has 3 heteroatoms. The van der Waals surface area contributed by atoms with Crippen molar-refractivity contribution in [1.29, 1.82) is 0 Å². The Balaban J connectivity index is 2.35. The van der Waals surface area contributed by atoms with Crippen LogP contribution in [0.15, 0.2) is 0 Å². The van der Waals surface area contributed by atoms with Gasteiger partial charge in [0, 0.05) is 12.4 Å². The molecule has 1 aliphatic carbocycles. The molecular formula is C11H20ClNO. The van der Waals surface area contributed by atoms with Crippen LogP contribution in [-0.4, -0.2) is 18.3 Å². The SMILES string of the molecule is CCC1(CNC(=O)C(C)(C)CCl)CC1. The van der Waals surface area contributed by atoms with Crippen molar-refractivity contribution < 1.29 is 4.79 Å². The zero-order valence-electron chi connectivity index (χ0n) is 9.32. The van der Waals surface area contributed by atoms with Crippen molar-refractivity contribution in [3.63, 3.8) is 0 Å². The maximum absolute atomic E-state index is 11.7. The van der Waals surface area contributed by atoms with Crippen molar-refractivity contribution in [2.75, 3.05) is 12.4 Å². The van der Waals surface area contributed by atoms with E-state index in [0.29, 0.717) is 11.3 Å². The Labute approximate surface area is 91.4 Å². The van der Waals surface area contributed by atoms with Crippen LogP contribution in [-0.2, 0) is 4.79 Å². The highest BCUT2D eigenvalue weighted by atomic mass is 35.5. The predicted octanol–water partition coefficient (Wildman–Crippen LogP) is 2.56. The van der Waals surface area contributed by atoms with E-state index < -0.39 is 5.41 Å². The summed E-state index contributed by atoms with van der Waals surface area (Å²) in [6, 6.07) is 0. The van der Waals surface area contributed by atoms with E-state index in [-0.39, 0.29) is 5.91 Å². The van der Waals surface area contributed by atoms with Crippen molar-refractivity contribution in [3.05, 3.63) is 0 Å². The molecule has 0 spiro atoms. The first-order valence-corrected chi connectivity index (χ1v) is 5.83. The molecule has 1 N–H and O–H groups in total. The lowest BCUT2D eigenvalue weighted by molar-refractivity contribution is -0.128. The molecular weight excluding hydrogens is 198 g/mol. The van der Waals surface area contributed by atoms with Gasteiger partial charge >= 0.3 is 0 Å². The highest BCUT2D eigenvalue weighted by molar-refractivity contribution is 6.19. The van der Waals surface area contributed by atoms with Crippen LogP contribution in [0, 0.1) is 10.8 Å². The molecule has 0 bridgehead atoms. The number of amides is 1. The molecule has 1 aliphatic rings. The van der Waals surface area contributed by atoms with Gasteiger partial charge in [0.2, 0.25) is 5.91 Å². The number of carbonyl (C=O) groups excluding carboxylic acids is 1. The van der Waals surface area contributed by atoms with Crippen molar-refractivity contribution in [3.8, 4) is 0 Å². The molecule has 14 heavy (non-hydrogen) atoms. The fraction of sp³-hybridized carbons (Fsp3) is 0.909. The highest BCUT2D eigenvalue weighted by Crippen LogP contribution is 2.47. The standard InChI is InChI=1S/C11H20ClNO/c1-4-11(5-6-11)8-13-9(14)10(2,3)7-12/h4-8H2,1-3H3,(H,13,14). The summed E-state index contributed by atoms with van der Waals surface area (Å²) in [6.07, 6.45) is 3.67. The summed E-state index contributed by atoms with van der Waals surface area (Å²) in [4.78, 5) is 11.7. The van der Waals surface area contributed by atoms with E-state index in [1.165, 1.54) is 12.8 Å². The summed E-state index contributed by atoms with van der Waals surface area (Å²) in [7, 11) is 0. The number of halogens is 1. The molecule has 0 aliphatic heterocycles. The molecule has 0 unspecified atom stereocenters. The van der Waals surface area contributed by atoms with Gasteiger partial charge in [-0.1, -0.05) is 6.92 Å². The van der Waals surface area contributed by atoms with Crippen LogP contribution in [0.3, 0.4) is 0 Å². The summed E-state index contributed by atoms with van der Waals surface area (Å²) in [5, 5.41) is 3.00. The molecule has 0 aromatic heterocycles. The number of alkyl halides is 1. The van der Waals surface area contributed by atoms with Gasteiger partial charge in [-0.05, 0) is 38.5 Å². The van der Waals surface area contributed by atoms with E-state index in [0.717, 1.165) is 13.0 Å². The van der Waals surface area contributed by atoms with E-state index in [9.17, 15) is 4.79 Å². The van der Waals surface area contributed by atoms with Crippen molar-refractivity contribution in [1.82, 2.24) is 5.32 Å². The maximum Gasteiger partial charge on any atom is 0.226 e. The number of hydrogen-bond acceptors (Lipinski definition) is 1. The highest BCUT2D eigenvalue weighted by Gasteiger charge is 2.41. The quantitative estimate of drug-likeness (QED) is 0.705. The first kappa shape index (κ1) is 11.8. The van der Waals surface area contributed by atoms with Gasteiger partial charge in [0.1, 0.15) is 0 Å². The summed E-state index contributed by atoms with van der Waals surface area (Å²) in [5.41, 5.74) is -0.0244. The van der Waals surface area contributed by atoms with Gasteiger partial charge in [-0.2, -0.15) is 0 Å². The van der Waals surface area contributed by atoms with Gasteiger partial charge in [-0.25, -0.2) is 0 Å². The van der Waals surface area contributed by atoms with Gasteiger partial charge in [0.15, 0.2) is 0 Å². The molecule has 2 nitrogen and oxygen atoms in total.